The molecule has 3 N–H and O–H groups in total. The minimum absolute atomic E-state index is 0.0187. The molecular weight excluding hydrogens is 344 g/mol. The molecule has 140 valence electrons. The summed E-state index contributed by atoms with van der Waals surface area (Å²) < 4.78 is 0. The molecule has 0 saturated heterocycles. The third-order valence-corrected chi connectivity index (χ3v) is 4.65. The normalized spacial score (nSPS) is 16.8. The first-order chi connectivity index (χ1) is 11.9. The maximum atomic E-state index is 10.8. The van der Waals surface area contributed by atoms with E-state index in [-0.39, 0.29) is 16.6 Å². The molecule has 2 rings (SSSR count). The van der Waals surface area contributed by atoms with Crippen molar-refractivity contribution in [3.8, 4) is 5.75 Å². The summed E-state index contributed by atoms with van der Waals surface area (Å²) in [6.45, 7) is 13.3. The van der Waals surface area contributed by atoms with Gasteiger partial charge in [0.15, 0.2) is 0 Å². The highest BCUT2D eigenvalue weighted by Gasteiger charge is 2.24. The molecule has 26 heavy (non-hydrogen) atoms. The maximum Gasteiger partial charge on any atom is 0.142 e. The van der Waals surface area contributed by atoms with E-state index >= 15 is 0 Å². The SMILES string of the molecule is CC(C)(C)c1cc(NC/C=C2/C=C(Cl)C=CC2=N)c(O)c(C(C)(C)C)c1. The number of rotatable bonds is 3. The van der Waals surface area contributed by atoms with E-state index in [1.807, 2.05) is 12.1 Å². The molecule has 3 nitrogen and oxygen atoms in total. The van der Waals surface area contributed by atoms with Crippen LogP contribution in [0, 0.1) is 5.41 Å². The third kappa shape index (κ3) is 4.79. The fourth-order valence-electron chi connectivity index (χ4n) is 2.75. The molecule has 4 heteroatoms. The Hall–Kier alpha value is -2.00. The van der Waals surface area contributed by atoms with Gasteiger partial charge in [-0.1, -0.05) is 65.3 Å². The van der Waals surface area contributed by atoms with Crippen molar-refractivity contribution in [3.05, 3.63) is 58.2 Å². The zero-order valence-corrected chi connectivity index (χ0v) is 17.3. The lowest BCUT2D eigenvalue weighted by Gasteiger charge is -2.27. The lowest BCUT2D eigenvalue weighted by molar-refractivity contribution is 0.446. The fraction of sp³-hybridized carbons (Fsp3) is 0.409. The summed E-state index contributed by atoms with van der Waals surface area (Å²) in [4.78, 5) is 0. The molecule has 0 aliphatic heterocycles. The monoisotopic (exact) mass is 372 g/mol. The first kappa shape index (κ1) is 20.3. The highest BCUT2D eigenvalue weighted by molar-refractivity contribution is 6.33. The van der Waals surface area contributed by atoms with Gasteiger partial charge < -0.3 is 15.8 Å². The zero-order chi connectivity index (χ0) is 19.7. The Bertz CT molecular complexity index is 803. The van der Waals surface area contributed by atoms with Crippen molar-refractivity contribution in [1.82, 2.24) is 0 Å². The summed E-state index contributed by atoms with van der Waals surface area (Å²) in [5.74, 6) is 0.288. The van der Waals surface area contributed by atoms with E-state index in [4.69, 9.17) is 17.0 Å². The zero-order valence-electron chi connectivity index (χ0n) is 16.5. The molecule has 0 saturated carbocycles. The van der Waals surface area contributed by atoms with Crippen LogP contribution in [0.1, 0.15) is 52.7 Å². The Kier molecular flexibility index (Phi) is 5.72. The third-order valence-electron chi connectivity index (χ3n) is 4.41. The molecule has 1 aromatic carbocycles. The van der Waals surface area contributed by atoms with Gasteiger partial charge in [0.05, 0.1) is 11.4 Å². The van der Waals surface area contributed by atoms with Crippen LogP contribution in [-0.4, -0.2) is 17.4 Å². The van der Waals surface area contributed by atoms with Gasteiger partial charge in [-0.15, -0.1) is 0 Å². The Labute approximate surface area is 162 Å². The van der Waals surface area contributed by atoms with Gasteiger partial charge in [-0.3, -0.25) is 0 Å². The lowest BCUT2D eigenvalue weighted by atomic mass is 9.79. The number of hydrogen-bond acceptors (Lipinski definition) is 3. The van der Waals surface area contributed by atoms with E-state index in [1.165, 1.54) is 5.56 Å². The van der Waals surface area contributed by atoms with Gasteiger partial charge >= 0.3 is 0 Å². The molecular formula is C22H29ClN2O. The van der Waals surface area contributed by atoms with Crippen LogP contribution in [0.25, 0.3) is 0 Å². The predicted molar refractivity (Wildman–Crippen MR) is 113 cm³/mol. The molecule has 0 radical (unpaired) electrons. The van der Waals surface area contributed by atoms with Crippen molar-refractivity contribution in [2.24, 2.45) is 0 Å². The maximum absolute atomic E-state index is 10.8. The second-order valence-corrected chi connectivity index (χ2v) is 9.17. The van der Waals surface area contributed by atoms with E-state index in [0.717, 1.165) is 11.1 Å². The van der Waals surface area contributed by atoms with Gasteiger partial charge in [0, 0.05) is 17.1 Å². The second kappa shape index (κ2) is 7.32. The molecule has 1 aromatic rings. The summed E-state index contributed by atoms with van der Waals surface area (Å²) >= 11 is 6.02. The fourth-order valence-corrected chi connectivity index (χ4v) is 2.93. The summed E-state index contributed by atoms with van der Waals surface area (Å²) in [6.07, 6.45) is 7.08. The van der Waals surface area contributed by atoms with Gasteiger partial charge in [-0.25, -0.2) is 0 Å². The van der Waals surface area contributed by atoms with E-state index in [1.54, 1.807) is 18.2 Å². The number of benzene rings is 1. The molecule has 0 aromatic heterocycles. The van der Waals surface area contributed by atoms with Crippen LogP contribution in [0.4, 0.5) is 5.69 Å². The van der Waals surface area contributed by atoms with Crippen molar-refractivity contribution < 1.29 is 5.11 Å². The quantitative estimate of drug-likeness (QED) is 0.566. The van der Waals surface area contributed by atoms with Crippen LogP contribution in [0.2, 0.25) is 0 Å². The molecule has 0 heterocycles. The van der Waals surface area contributed by atoms with Gasteiger partial charge in [0.1, 0.15) is 5.75 Å². The minimum Gasteiger partial charge on any atom is -0.505 e. The van der Waals surface area contributed by atoms with Crippen molar-refractivity contribution in [2.45, 2.75) is 52.4 Å². The van der Waals surface area contributed by atoms with Crippen molar-refractivity contribution >= 4 is 23.0 Å². The van der Waals surface area contributed by atoms with Gasteiger partial charge in [0.25, 0.3) is 0 Å². The Balaban J connectivity index is 2.34. The second-order valence-electron chi connectivity index (χ2n) is 8.74. The first-order valence-electron chi connectivity index (χ1n) is 8.86. The smallest absolute Gasteiger partial charge is 0.142 e. The van der Waals surface area contributed by atoms with Crippen LogP contribution in [0.3, 0.4) is 0 Å². The molecule has 1 aliphatic rings. The van der Waals surface area contributed by atoms with E-state index in [2.05, 4.69) is 52.9 Å². The molecule has 0 fully saturated rings. The number of anilines is 1. The number of halogens is 1. The number of allylic oxidation sites excluding steroid dienone is 5. The van der Waals surface area contributed by atoms with Crippen LogP contribution in [-0.2, 0) is 10.8 Å². The Morgan fingerprint density at radius 2 is 1.73 bits per heavy atom. The number of nitrogens with one attached hydrogen (secondary N) is 2. The van der Waals surface area contributed by atoms with Gasteiger partial charge in [-0.2, -0.15) is 0 Å². The standard InChI is InChI=1S/C22H29ClN2O/c1-21(2,3)15-12-17(22(4,5)6)20(26)19(13-15)25-10-9-14-11-16(23)7-8-18(14)24/h7-9,11-13,24-26H,10H2,1-6H3/b14-9-,24-18?. The van der Waals surface area contributed by atoms with Crippen LogP contribution >= 0.6 is 11.6 Å². The topological polar surface area (TPSA) is 56.1 Å². The van der Waals surface area contributed by atoms with Crippen LogP contribution in [0.5, 0.6) is 5.75 Å². The average Bonchev–Trinajstić information content (AvgIpc) is 2.50. The molecule has 1 aliphatic carbocycles. The van der Waals surface area contributed by atoms with Crippen molar-refractivity contribution in [1.29, 1.82) is 5.41 Å². The van der Waals surface area contributed by atoms with Crippen LogP contribution < -0.4 is 5.32 Å². The van der Waals surface area contributed by atoms with Gasteiger partial charge in [0.2, 0.25) is 0 Å². The van der Waals surface area contributed by atoms with E-state index in [9.17, 15) is 5.11 Å². The summed E-state index contributed by atoms with van der Waals surface area (Å²) in [5, 5.41) is 22.6. The number of aromatic hydroxyl groups is 1. The van der Waals surface area contributed by atoms with Crippen molar-refractivity contribution in [2.75, 3.05) is 11.9 Å². The summed E-state index contributed by atoms with van der Waals surface area (Å²) in [5.41, 5.74) is 3.84. The predicted octanol–water partition coefficient (Wildman–Crippen LogP) is 6.04. The number of phenols is 1. The highest BCUT2D eigenvalue weighted by Crippen LogP contribution is 2.40. The average molecular weight is 373 g/mol. The Morgan fingerprint density at radius 3 is 2.31 bits per heavy atom. The van der Waals surface area contributed by atoms with Crippen LogP contribution in [0.15, 0.2) is 47.0 Å². The summed E-state index contributed by atoms with van der Waals surface area (Å²) in [6, 6.07) is 4.11. The first-order valence-corrected chi connectivity index (χ1v) is 9.23. The number of hydrogen-bond donors (Lipinski definition) is 3. The van der Waals surface area contributed by atoms with E-state index < -0.39 is 0 Å². The molecule has 0 bridgehead atoms. The van der Waals surface area contributed by atoms with E-state index in [0.29, 0.717) is 23.0 Å². The molecule has 0 spiro atoms. The van der Waals surface area contributed by atoms with Crippen molar-refractivity contribution in [3.63, 3.8) is 0 Å². The highest BCUT2D eigenvalue weighted by atomic mass is 35.5. The number of phenolic OH excluding ortho intramolecular Hbond substituents is 1. The lowest BCUT2D eigenvalue weighted by Crippen LogP contribution is -2.17. The summed E-state index contributed by atoms with van der Waals surface area (Å²) in [7, 11) is 0. The minimum atomic E-state index is -0.160. The largest absolute Gasteiger partial charge is 0.505 e. The van der Waals surface area contributed by atoms with Gasteiger partial charge in [-0.05, 0) is 46.3 Å². The Morgan fingerprint density at radius 1 is 1.08 bits per heavy atom. The molecule has 0 unspecified atom stereocenters. The molecule has 0 amide bonds. The molecule has 0 atom stereocenters.